The number of benzene rings is 3. The molecule has 2 nitrogen and oxygen atoms in total. The first-order valence-electron chi connectivity index (χ1n) is 11.7. The van der Waals surface area contributed by atoms with E-state index in [1.807, 2.05) is 0 Å². The molecule has 0 amide bonds. The van der Waals surface area contributed by atoms with Crippen molar-refractivity contribution in [2.24, 2.45) is 0 Å². The molecule has 5 rings (SSSR count). The maximum Gasteiger partial charge on any atom is 0.260 e. The Morgan fingerprint density at radius 1 is 0.619 bits per heavy atom. The average Bonchev–Trinajstić information content (AvgIpc) is 2.79. The molecule has 0 radical (unpaired) electrons. The number of hydrogen-bond donors (Lipinski definition) is 0. The van der Waals surface area contributed by atoms with E-state index in [-0.39, 0.29) is 39.4 Å². The molecular formula is C18H11BO2. The Balaban J connectivity index is 2.03. The molecule has 0 atom stereocenters. The van der Waals surface area contributed by atoms with Crippen molar-refractivity contribution < 1.29 is 24.6 Å². The van der Waals surface area contributed by atoms with E-state index in [1.54, 1.807) is 0 Å². The predicted molar refractivity (Wildman–Crippen MR) is 84.1 cm³/mol. The van der Waals surface area contributed by atoms with Crippen LogP contribution in [0.4, 0.5) is 0 Å². The minimum Gasteiger partial charge on any atom is -0.458 e. The summed E-state index contributed by atoms with van der Waals surface area (Å²) in [6.45, 7) is -1.22. The van der Waals surface area contributed by atoms with E-state index >= 15 is 0 Å². The van der Waals surface area contributed by atoms with Crippen LogP contribution in [0.5, 0.6) is 23.0 Å². The second kappa shape index (κ2) is 3.92. The maximum absolute atomic E-state index is 8.46. The standard InChI is InChI=1S/C18H11BO2/c1-3-8-14-12(6-1)19-13-7-2-4-9-15(13)21-17-11-5-10-16(20-14)18(17)19/h1-11H/i1D,2D,3D,4D,5D,6D,7D,8D,9D,10D,11D. The number of rotatable bonds is 0. The molecule has 0 N–H and O–H groups in total. The quantitative estimate of drug-likeness (QED) is 0.406. The van der Waals surface area contributed by atoms with Gasteiger partial charge in [0, 0.05) is 5.46 Å². The number of ether oxygens (including phenoxy) is 2. The first-order valence-corrected chi connectivity index (χ1v) is 6.18. The number of para-hydroxylation sites is 2. The summed E-state index contributed by atoms with van der Waals surface area (Å²) in [5, 5.41) is 0. The zero-order chi connectivity index (χ0) is 23.4. The second-order valence-corrected chi connectivity index (χ2v) is 4.57. The van der Waals surface area contributed by atoms with Crippen molar-refractivity contribution in [2.45, 2.75) is 0 Å². The van der Waals surface area contributed by atoms with Gasteiger partial charge in [-0.1, -0.05) is 42.3 Å². The van der Waals surface area contributed by atoms with Crippen LogP contribution in [0.3, 0.4) is 0 Å². The van der Waals surface area contributed by atoms with Gasteiger partial charge in [0.2, 0.25) is 0 Å². The fourth-order valence-corrected chi connectivity index (χ4v) is 2.63. The van der Waals surface area contributed by atoms with Crippen molar-refractivity contribution in [2.75, 3.05) is 0 Å². The molecule has 98 valence electrons. The van der Waals surface area contributed by atoms with Crippen LogP contribution in [0, 0.1) is 0 Å². The maximum atomic E-state index is 8.46. The van der Waals surface area contributed by atoms with Crippen LogP contribution in [0.2, 0.25) is 0 Å². The zero-order valence-electron chi connectivity index (χ0n) is 21.4. The summed E-state index contributed by atoms with van der Waals surface area (Å²) in [4.78, 5) is 0. The summed E-state index contributed by atoms with van der Waals surface area (Å²) in [5.41, 5.74) is -0.155. The van der Waals surface area contributed by atoms with E-state index in [9.17, 15) is 0 Å². The van der Waals surface area contributed by atoms with Crippen LogP contribution in [0.25, 0.3) is 0 Å². The van der Waals surface area contributed by atoms with Crippen molar-refractivity contribution in [3.63, 3.8) is 0 Å². The highest BCUT2D eigenvalue weighted by atomic mass is 16.5. The first kappa shape index (κ1) is 4.95. The highest BCUT2D eigenvalue weighted by Crippen LogP contribution is 2.33. The van der Waals surface area contributed by atoms with Gasteiger partial charge in [0.25, 0.3) is 6.71 Å². The minimum absolute atomic E-state index is 0.0195. The fourth-order valence-electron chi connectivity index (χ4n) is 2.63. The smallest absolute Gasteiger partial charge is 0.260 e. The fraction of sp³-hybridized carbons (Fsp3) is 0. The molecule has 0 spiro atoms. The predicted octanol–water partition coefficient (Wildman–Crippen LogP) is 2.41. The highest BCUT2D eigenvalue weighted by Gasteiger charge is 2.39. The monoisotopic (exact) mass is 281 g/mol. The van der Waals surface area contributed by atoms with E-state index in [1.165, 1.54) is 0 Å². The molecule has 2 aliphatic heterocycles. The third-order valence-corrected chi connectivity index (χ3v) is 3.48. The van der Waals surface area contributed by atoms with Gasteiger partial charge in [-0.25, -0.2) is 0 Å². The van der Waals surface area contributed by atoms with Gasteiger partial charge in [-0.3, -0.25) is 0 Å². The van der Waals surface area contributed by atoms with Gasteiger partial charge in [0.15, 0.2) is 0 Å². The molecule has 3 aromatic carbocycles. The van der Waals surface area contributed by atoms with Gasteiger partial charge in [0.05, 0.1) is 15.1 Å². The average molecular weight is 281 g/mol. The lowest BCUT2D eigenvalue weighted by molar-refractivity contribution is 0.464. The molecule has 21 heavy (non-hydrogen) atoms. The van der Waals surface area contributed by atoms with Crippen molar-refractivity contribution in [3.8, 4) is 23.0 Å². The second-order valence-electron chi connectivity index (χ2n) is 4.57. The van der Waals surface area contributed by atoms with Crippen LogP contribution in [-0.4, -0.2) is 6.71 Å². The van der Waals surface area contributed by atoms with Crippen molar-refractivity contribution in [3.05, 3.63) is 66.5 Å². The van der Waals surface area contributed by atoms with E-state index in [2.05, 4.69) is 0 Å². The molecule has 0 fully saturated rings. The van der Waals surface area contributed by atoms with Gasteiger partial charge in [0.1, 0.15) is 23.0 Å². The Morgan fingerprint density at radius 3 is 1.67 bits per heavy atom. The third-order valence-electron chi connectivity index (χ3n) is 3.48. The molecule has 0 aliphatic carbocycles. The largest absolute Gasteiger partial charge is 0.458 e. The van der Waals surface area contributed by atoms with Crippen LogP contribution >= 0.6 is 0 Å². The minimum atomic E-state index is -1.22. The van der Waals surface area contributed by atoms with Crippen LogP contribution in [0.1, 0.15) is 15.1 Å². The lowest BCUT2D eigenvalue weighted by atomic mass is 9.35. The molecule has 0 aromatic heterocycles. The van der Waals surface area contributed by atoms with Gasteiger partial charge in [-0.15, -0.1) is 0 Å². The Labute approximate surface area is 138 Å². The van der Waals surface area contributed by atoms with Crippen LogP contribution in [-0.2, 0) is 0 Å². The summed E-state index contributed by atoms with van der Waals surface area (Å²) in [5.74, 6) is -1.10. The molecule has 3 heteroatoms. The molecule has 0 unspecified atom stereocenters. The molecule has 0 saturated carbocycles. The first-order chi connectivity index (χ1) is 15.0. The SMILES string of the molecule is [2H]c1c([2H])c([2H])c2c(c1[2H])Oc1c([2H])c([2H])c([2H])c3c1B2c1c([2H])c([2H])c([2H])c([2H])c1O3. The van der Waals surface area contributed by atoms with Gasteiger partial charge in [-0.05, 0) is 35.1 Å². The van der Waals surface area contributed by atoms with Gasteiger partial charge < -0.3 is 9.47 Å². The lowest BCUT2D eigenvalue weighted by Gasteiger charge is -2.32. The Bertz CT molecular complexity index is 1270. The van der Waals surface area contributed by atoms with E-state index in [0.717, 1.165) is 0 Å². The topological polar surface area (TPSA) is 18.5 Å². The third kappa shape index (κ3) is 1.43. The summed E-state index contributed by atoms with van der Waals surface area (Å²) < 4.78 is 102. The van der Waals surface area contributed by atoms with Crippen LogP contribution in [0.15, 0.2) is 66.5 Å². The van der Waals surface area contributed by atoms with E-state index in [0.29, 0.717) is 0 Å². The number of fused-ring (bicyclic) bond motifs is 4. The van der Waals surface area contributed by atoms with Crippen molar-refractivity contribution >= 4 is 23.1 Å². The Morgan fingerprint density at radius 2 is 1.10 bits per heavy atom. The normalized spacial score (nSPS) is 20.8. The summed E-state index contributed by atoms with van der Waals surface area (Å²) in [6.07, 6.45) is 0. The van der Waals surface area contributed by atoms with Crippen molar-refractivity contribution in [1.82, 2.24) is 0 Å². The van der Waals surface area contributed by atoms with Gasteiger partial charge >= 0.3 is 0 Å². The lowest BCUT2D eigenvalue weighted by Crippen LogP contribution is -2.57. The van der Waals surface area contributed by atoms with Crippen LogP contribution < -0.4 is 25.9 Å². The van der Waals surface area contributed by atoms with Crippen molar-refractivity contribution in [1.29, 1.82) is 0 Å². The molecule has 0 saturated heterocycles. The highest BCUT2D eigenvalue weighted by molar-refractivity contribution is 6.98. The Hall–Kier alpha value is -2.68. The molecular weight excluding hydrogens is 259 g/mol. The summed E-state index contributed by atoms with van der Waals surface area (Å²) in [7, 11) is 0. The molecule has 0 bridgehead atoms. The molecule has 2 aliphatic rings. The summed E-state index contributed by atoms with van der Waals surface area (Å²) in [6, 6.07) is -5.82. The Kier molecular flexibility index (Phi) is 0.924. The summed E-state index contributed by atoms with van der Waals surface area (Å²) >= 11 is 0. The zero-order valence-corrected chi connectivity index (χ0v) is 10.4. The van der Waals surface area contributed by atoms with E-state index in [4.69, 9.17) is 24.6 Å². The molecule has 2 heterocycles. The number of hydrogen-bond acceptors (Lipinski definition) is 2. The van der Waals surface area contributed by atoms with E-state index < -0.39 is 73.2 Å². The van der Waals surface area contributed by atoms with Gasteiger partial charge in [-0.2, -0.15) is 0 Å². The molecule has 3 aromatic rings.